The SMILES string of the molecule is CCNC(=O)C1Cc2cc3c(cc2CN1C(CC)c1ccccc1)OC(c1ccc(C)cc1)CO3. The molecule has 5 nitrogen and oxygen atoms in total. The van der Waals surface area contributed by atoms with Crippen molar-refractivity contribution in [2.75, 3.05) is 13.2 Å². The van der Waals surface area contributed by atoms with E-state index in [1.807, 2.05) is 13.0 Å². The van der Waals surface area contributed by atoms with Gasteiger partial charge in [0.05, 0.1) is 6.04 Å². The number of nitrogens with zero attached hydrogens (tertiary/aromatic N) is 1. The molecule has 0 saturated heterocycles. The largest absolute Gasteiger partial charge is 0.485 e. The van der Waals surface area contributed by atoms with Gasteiger partial charge in [-0.3, -0.25) is 9.69 Å². The molecule has 2 aliphatic rings. The predicted molar refractivity (Wildman–Crippen MR) is 138 cm³/mol. The van der Waals surface area contributed by atoms with Gasteiger partial charge in [0.25, 0.3) is 0 Å². The molecular formula is C30H34N2O3. The first kappa shape index (κ1) is 23.4. The van der Waals surface area contributed by atoms with Crippen molar-refractivity contribution >= 4 is 5.91 Å². The van der Waals surface area contributed by atoms with Gasteiger partial charge in [0.1, 0.15) is 6.61 Å². The summed E-state index contributed by atoms with van der Waals surface area (Å²) in [5.74, 6) is 1.64. The summed E-state index contributed by atoms with van der Waals surface area (Å²) in [6.07, 6.45) is 1.45. The molecule has 0 fully saturated rings. The summed E-state index contributed by atoms with van der Waals surface area (Å²) in [6.45, 7) is 8.04. The topological polar surface area (TPSA) is 50.8 Å². The number of nitrogens with one attached hydrogen (secondary N) is 1. The van der Waals surface area contributed by atoms with E-state index in [1.165, 1.54) is 16.7 Å². The zero-order chi connectivity index (χ0) is 24.4. The molecule has 0 aliphatic carbocycles. The van der Waals surface area contributed by atoms with E-state index in [1.54, 1.807) is 0 Å². The molecule has 0 spiro atoms. The van der Waals surface area contributed by atoms with Gasteiger partial charge in [-0.1, -0.05) is 67.1 Å². The van der Waals surface area contributed by atoms with Gasteiger partial charge in [0, 0.05) is 19.1 Å². The quantitative estimate of drug-likeness (QED) is 0.515. The number of carbonyl (C=O) groups excluding carboxylic acids is 1. The number of ether oxygens (including phenoxy) is 2. The van der Waals surface area contributed by atoms with Gasteiger partial charge in [-0.05, 0) is 61.1 Å². The number of benzene rings is 3. The van der Waals surface area contributed by atoms with Crippen LogP contribution in [0.1, 0.15) is 60.2 Å². The van der Waals surface area contributed by atoms with Crippen molar-refractivity contribution in [1.29, 1.82) is 0 Å². The van der Waals surface area contributed by atoms with Crippen LogP contribution in [-0.4, -0.2) is 30.0 Å². The van der Waals surface area contributed by atoms with Crippen LogP contribution >= 0.6 is 0 Å². The summed E-state index contributed by atoms with van der Waals surface area (Å²) in [7, 11) is 0. The zero-order valence-electron chi connectivity index (χ0n) is 20.8. The van der Waals surface area contributed by atoms with Crippen molar-refractivity contribution in [2.45, 2.75) is 58.3 Å². The van der Waals surface area contributed by atoms with Gasteiger partial charge in [0.2, 0.25) is 5.91 Å². The fraction of sp³-hybridized carbons (Fsp3) is 0.367. The van der Waals surface area contributed by atoms with Crippen molar-refractivity contribution in [3.63, 3.8) is 0 Å². The lowest BCUT2D eigenvalue weighted by Gasteiger charge is -2.41. The first-order valence-electron chi connectivity index (χ1n) is 12.7. The Morgan fingerprint density at radius 1 is 1.03 bits per heavy atom. The second-order valence-electron chi connectivity index (χ2n) is 9.52. The molecular weight excluding hydrogens is 436 g/mol. The van der Waals surface area contributed by atoms with Crippen LogP contribution in [0.4, 0.5) is 0 Å². The molecule has 0 aromatic heterocycles. The second-order valence-corrected chi connectivity index (χ2v) is 9.52. The lowest BCUT2D eigenvalue weighted by atomic mass is 9.89. The van der Waals surface area contributed by atoms with Crippen LogP contribution in [0.15, 0.2) is 66.7 Å². The number of hydrogen-bond acceptors (Lipinski definition) is 4. The number of hydrogen-bond donors (Lipinski definition) is 1. The minimum absolute atomic E-state index is 0.0851. The van der Waals surface area contributed by atoms with E-state index >= 15 is 0 Å². The normalized spacial score (nSPS) is 20.1. The highest BCUT2D eigenvalue weighted by atomic mass is 16.6. The molecule has 5 rings (SSSR count). The number of rotatable bonds is 6. The minimum atomic E-state index is -0.226. The highest BCUT2D eigenvalue weighted by molar-refractivity contribution is 5.82. The Hall–Kier alpha value is -3.31. The molecule has 2 heterocycles. The van der Waals surface area contributed by atoms with Gasteiger partial charge in [-0.15, -0.1) is 0 Å². The van der Waals surface area contributed by atoms with E-state index in [0.717, 1.165) is 29.0 Å². The van der Waals surface area contributed by atoms with Gasteiger partial charge in [-0.2, -0.15) is 0 Å². The molecule has 1 amide bonds. The summed E-state index contributed by atoms with van der Waals surface area (Å²) in [5, 5.41) is 3.06. The molecule has 3 aromatic rings. The third kappa shape index (κ3) is 4.78. The maximum Gasteiger partial charge on any atom is 0.237 e. The van der Waals surface area contributed by atoms with Crippen LogP contribution in [0.5, 0.6) is 11.5 Å². The second kappa shape index (κ2) is 10.1. The van der Waals surface area contributed by atoms with Crippen molar-refractivity contribution in [1.82, 2.24) is 10.2 Å². The van der Waals surface area contributed by atoms with Crippen LogP contribution < -0.4 is 14.8 Å². The van der Waals surface area contributed by atoms with E-state index in [4.69, 9.17) is 9.47 Å². The Balaban J connectivity index is 1.46. The molecule has 5 heteroatoms. The molecule has 3 atom stereocenters. The number of likely N-dealkylation sites (N-methyl/N-ethyl adjacent to an activating group) is 1. The van der Waals surface area contributed by atoms with Gasteiger partial charge < -0.3 is 14.8 Å². The smallest absolute Gasteiger partial charge is 0.237 e. The molecule has 0 radical (unpaired) electrons. The van der Waals surface area contributed by atoms with Crippen LogP contribution in [0.25, 0.3) is 0 Å². The summed E-state index contributed by atoms with van der Waals surface area (Å²) >= 11 is 0. The van der Waals surface area contributed by atoms with Gasteiger partial charge in [-0.25, -0.2) is 0 Å². The summed E-state index contributed by atoms with van der Waals surface area (Å²) in [6, 6.07) is 23.1. The van der Waals surface area contributed by atoms with Crippen molar-refractivity contribution < 1.29 is 14.3 Å². The highest BCUT2D eigenvalue weighted by Gasteiger charge is 2.37. The third-order valence-corrected chi connectivity index (χ3v) is 7.17. The number of fused-ring (bicyclic) bond motifs is 2. The van der Waals surface area contributed by atoms with Gasteiger partial charge >= 0.3 is 0 Å². The summed E-state index contributed by atoms with van der Waals surface area (Å²) in [4.78, 5) is 15.5. The molecule has 2 aliphatic heterocycles. The van der Waals surface area contributed by atoms with Crippen LogP contribution in [0.3, 0.4) is 0 Å². The van der Waals surface area contributed by atoms with Gasteiger partial charge in [0.15, 0.2) is 17.6 Å². The lowest BCUT2D eigenvalue weighted by Crippen LogP contribution is -2.51. The summed E-state index contributed by atoms with van der Waals surface area (Å²) < 4.78 is 12.6. The average molecular weight is 471 g/mol. The Kier molecular flexibility index (Phi) is 6.78. The molecule has 0 bridgehead atoms. The minimum Gasteiger partial charge on any atom is -0.485 e. The highest BCUT2D eigenvalue weighted by Crippen LogP contribution is 2.42. The molecule has 35 heavy (non-hydrogen) atoms. The average Bonchev–Trinajstić information content (AvgIpc) is 2.88. The molecule has 3 unspecified atom stereocenters. The number of aryl methyl sites for hydroxylation is 1. The van der Waals surface area contributed by atoms with Crippen molar-refractivity contribution in [3.05, 3.63) is 94.5 Å². The number of carbonyl (C=O) groups is 1. The first-order valence-corrected chi connectivity index (χ1v) is 12.7. The van der Waals surface area contributed by atoms with E-state index in [-0.39, 0.29) is 24.1 Å². The Bertz CT molecular complexity index is 1180. The standard InChI is InChI=1S/C30H34N2O3/c1-4-25(21-9-7-6-8-10-21)32-18-24-17-28-27(16-23(24)15-26(32)30(33)31-5-2)34-19-29(35-28)22-13-11-20(3)12-14-22/h6-14,16-17,25-26,29H,4-5,15,18-19H2,1-3H3,(H,31,33). The zero-order valence-corrected chi connectivity index (χ0v) is 20.8. The fourth-order valence-corrected chi connectivity index (χ4v) is 5.32. The van der Waals surface area contributed by atoms with E-state index in [0.29, 0.717) is 26.1 Å². The van der Waals surface area contributed by atoms with Crippen LogP contribution in [-0.2, 0) is 17.8 Å². The molecule has 182 valence electrons. The third-order valence-electron chi connectivity index (χ3n) is 7.17. The predicted octanol–water partition coefficient (Wildman–Crippen LogP) is 5.52. The lowest BCUT2D eigenvalue weighted by molar-refractivity contribution is -0.128. The van der Waals surface area contributed by atoms with E-state index < -0.39 is 0 Å². The molecule has 0 saturated carbocycles. The van der Waals surface area contributed by atoms with E-state index in [2.05, 4.69) is 84.7 Å². The van der Waals surface area contributed by atoms with Crippen molar-refractivity contribution in [3.8, 4) is 11.5 Å². The maximum atomic E-state index is 13.2. The summed E-state index contributed by atoms with van der Waals surface area (Å²) in [5.41, 5.74) is 5.95. The van der Waals surface area contributed by atoms with Crippen LogP contribution in [0, 0.1) is 6.92 Å². The maximum absolute atomic E-state index is 13.2. The van der Waals surface area contributed by atoms with Crippen molar-refractivity contribution in [2.24, 2.45) is 0 Å². The fourth-order valence-electron chi connectivity index (χ4n) is 5.32. The number of amides is 1. The Morgan fingerprint density at radius 3 is 2.49 bits per heavy atom. The van der Waals surface area contributed by atoms with Crippen LogP contribution in [0.2, 0.25) is 0 Å². The Labute approximate surface area is 208 Å². The monoisotopic (exact) mass is 470 g/mol. The Morgan fingerprint density at radius 2 is 1.77 bits per heavy atom. The molecule has 1 N–H and O–H groups in total. The first-order chi connectivity index (χ1) is 17.1. The van der Waals surface area contributed by atoms with E-state index in [9.17, 15) is 4.79 Å². The molecule has 3 aromatic carbocycles.